The van der Waals surface area contributed by atoms with E-state index in [0.29, 0.717) is 5.91 Å². The van der Waals surface area contributed by atoms with Crippen molar-refractivity contribution in [1.82, 2.24) is 15.1 Å². The molecule has 0 bridgehead atoms. The molecule has 2 fully saturated rings. The third kappa shape index (κ3) is 3.69. The topological polar surface area (TPSA) is 35.6 Å². The van der Waals surface area contributed by atoms with Crippen molar-refractivity contribution in [3.8, 4) is 0 Å². The number of nitrogens with zero attached hydrogens (tertiary/aromatic N) is 2. The maximum atomic E-state index is 12.4. The second-order valence-corrected chi connectivity index (χ2v) is 6.04. The molecule has 18 heavy (non-hydrogen) atoms. The zero-order valence-electron chi connectivity index (χ0n) is 11.8. The number of rotatable bonds is 3. The summed E-state index contributed by atoms with van der Waals surface area (Å²) in [4.78, 5) is 16.9. The number of nitrogens with one attached hydrogen (secondary N) is 1. The second-order valence-electron chi connectivity index (χ2n) is 6.04. The van der Waals surface area contributed by atoms with E-state index in [4.69, 9.17) is 0 Å². The Labute approximate surface area is 111 Å². The molecule has 0 spiro atoms. The second kappa shape index (κ2) is 6.53. The van der Waals surface area contributed by atoms with Crippen molar-refractivity contribution >= 4 is 5.91 Å². The lowest BCUT2D eigenvalue weighted by Gasteiger charge is -2.37. The average molecular weight is 253 g/mol. The molecule has 2 rings (SSSR count). The summed E-state index contributed by atoms with van der Waals surface area (Å²) in [5.41, 5.74) is 0. The molecule has 4 heteroatoms. The molecular weight excluding hydrogens is 226 g/mol. The minimum Gasteiger partial charge on any atom is -0.340 e. The van der Waals surface area contributed by atoms with Crippen LogP contribution in [0, 0.1) is 11.8 Å². The van der Waals surface area contributed by atoms with E-state index in [9.17, 15) is 4.79 Å². The maximum Gasteiger partial charge on any atom is 0.225 e. The molecular formula is C14H27N3O. The molecule has 0 saturated carbocycles. The highest BCUT2D eigenvalue weighted by molar-refractivity contribution is 5.79. The molecule has 2 heterocycles. The standard InChI is InChI=1S/C14H27N3O/c1-12(2)11-16-7-9-17(10-8-16)14(18)13-3-5-15-6-4-13/h12-13,15H,3-11H2,1-2H3. The number of piperidine rings is 1. The van der Waals surface area contributed by atoms with Gasteiger partial charge in [-0.25, -0.2) is 0 Å². The minimum absolute atomic E-state index is 0.280. The highest BCUT2D eigenvalue weighted by atomic mass is 16.2. The molecule has 1 amide bonds. The minimum atomic E-state index is 0.280. The molecule has 0 atom stereocenters. The summed E-state index contributed by atoms with van der Waals surface area (Å²) in [7, 11) is 0. The van der Waals surface area contributed by atoms with Gasteiger partial charge in [0, 0.05) is 38.6 Å². The third-order valence-electron chi connectivity index (χ3n) is 4.00. The summed E-state index contributed by atoms with van der Waals surface area (Å²) in [5, 5.41) is 3.32. The highest BCUT2D eigenvalue weighted by Crippen LogP contribution is 2.16. The van der Waals surface area contributed by atoms with E-state index in [1.807, 2.05) is 0 Å². The Hall–Kier alpha value is -0.610. The lowest BCUT2D eigenvalue weighted by atomic mass is 9.96. The monoisotopic (exact) mass is 253 g/mol. The first kappa shape index (κ1) is 13.8. The van der Waals surface area contributed by atoms with E-state index >= 15 is 0 Å². The summed E-state index contributed by atoms with van der Waals surface area (Å²) >= 11 is 0. The van der Waals surface area contributed by atoms with Gasteiger partial charge in [0.1, 0.15) is 0 Å². The van der Waals surface area contributed by atoms with Crippen LogP contribution in [-0.2, 0) is 4.79 Å². The predicted octanol–water partition coefficient (Wildman–Crippen LogP) is 0.786. The average Bonchev–Trinajstić information content (AvgIpc) is 2.39. The van der Waals surface area contributed by atoms with Crippen LogP contribution in [0.1, 0.15) is 26.7 Å². The van der Waals surface area contributed by atoms with Crippen molar-refractivity contribution in [2.75, 3.05) is 45.8 Å². The number of carbonyl (C=O) groups is 1. The molecule has 104 valence electrons. The number of hydrogen-bond donors (Lipinski definition) is 1. The number of carbonyl (C=O) groups excluding carboxylic acids is 1. The Kier molecular flexibility index (Phi) is 5.01. The van der Waals surface area contributed by atoms with Gasteiger partial charge in [0.05, 0.1) is 0 Å². The zero-order valence-corrected chi connectivity index (χ0v) is 11.8. The quantitative estimate of drug-likeness (QED) is 0.807. The first-order valence-corrected chi connectivity index (χ1v) is 7.38. The first-order valence-electron chi connectivity index (χ1n) is 7.38. The van der Waals surface area contributed by atoms with Crippen molar-refractivity contribution in [1.29, 1.82) is 0 Å². The van der Waals surface area contributed by atoms with Gasteiger partial charge in [-0.3, -0.25) is 9.69 Å². The van der Waals surface area contributed by atoms with Gasteiger partial charge in [0.25, 0.3) is 0 Å². The van der Waals surface area contributed by atoms with E-state index in [-0.39, 0.29) is 5.92 Å². The molecule has 0 aliphatic carbocycles. The Morgan fingerprint density at radius 1 is 1.17 bits per heavy atom. The Bertz CT molecular complexity index is 266. The largest absolute Gasteiger partial charge is 0.340 e. The smallest absolute Gasteiger partial charge is 0.225 e. The van der Waals surface area contributed by atoms with E-state index in [2.05, 4.69) is 29.0 Å². The van der Waals surface area contributed by atoms with Crippen LogP contribution < -0.4 is 5.32 Å². The summed E-state index contributed by atoms with van der Waals surface area (Å²) in [5.74, 6) is 1.40. The molecule has 0 radical (unpaired) electrons. The normalized spacial score (nSPS) is 23.6. The fraction of sp³-hybridized carbons (Fsp3) is 0.929. The third-order valence-corrected chi connectivity index (χ3v) is 4.00. The molecule has 4 nitrogen and oxygen atoms in total. The van der Waals surface area contributed by atoms with E-state index in [0.717, 1.165) is 64.6 Å². The van der Waals surface area contributed by atoms with Crippen LogP contribution in [0.25, 0.3) is 0 Å². The summed E-state index contributed by atoms with van der Waals surface area (Å²) in [6.45, 7) is 11.6. The van der Waals surface area contributed by atoms with Crippen molar-refractivity contribution in [3.05, 3.63) is 0 Å². The first-order chi connectivity index (χ1) is 8.66. The SMILES string of the molecule is CC(C)CN1CCN(C(=O)C2CCNCC2)CC1. The van der Waals surface area contributed by atoms with Gasteiger partial charge in [-0.15, -0.1) is 0 Å². The van der Waals surface area contributed by atoms with Crippen LogP contribution >= 0.6 is 0 Å². The van der Waals surface area contributed by atoms with Crippen molar-refractivity contribution in [3.63, 3.8) is 0 Å². The van der Waals surface area contributed by atoms with E-state index in [1.54, 1.807) is 0 Å². The highest BCUT2D eigenvalue weighted by Gasteiger charge is 2.28. The fourth-order valence-electron chi connectivity index (χ4n) is 2.99. The molecule has 0 aromatic rings. The maximum absolute atomic E-state index is 12.4. The number of amides is 1. The van der Waals surface area contributed by atoms with Crippen molar-refractivity contribution in [2.45, 2.75) is 26.7 Å². The predicted molar refractivity (Wildman–Crippen MR) is 73.5 cm³/mol. The van der Waals surface area contributed by atoms with Crippen LogP contribution in [0.2, 0.25) is 0 Å². The lowest BCUT2D eigenvalue weighted by molar-refractivity contribution is -0.138. The van der Waals surface area contributed by atoms with Gasteiger partial charge in [-0.05, 0) is 31.8 Å². The Balaban J connectivity index is 1.76. The molecule has 0 unspecified atom stereocenters. The van der Waals surface area contributed by atoms with Gasteiger partial charge in [0.15, 0.2) is 0 Å². The van der Waals surface area contributed by atoms with Crippen LogP contribution in [-0.4, -0.2) is 61.5 Å². The van der Waals surface area contributed by atoms with Gasteiger partial charge in [-0.1, -0.05) is 13.8 Å². The fourth-order valence-corrected chi connectivity index (χ4v) is 2.99. The van der Waals surface area contributed by atoms with E-state index in [1.165, 1.54) is 0 Å². The molecule has 2 aliphatic heterocycles. The van der Waals surface area contributed by atoms with Gasteiger partial charge >= 0.3 is 0 Å². The molecule has 0 aromatic carbocycles. The van der Waals surface area contributed by atoms with E-state index < -0.39 is 0 Å². The summed E-state index contributed by atoms with van der Waals surface area (Å²) in [6, 6.07) is 0. The van der Waals surface area contributed by atoms with Crippen molar-refractivity contribution < 1.29 is 4.79 Å². The molecule has 1 N–H and O–H groups in total. The Morgan fingerprint density at radius 3 is 2.33 bits per heavy atom. The summed E-state index contributed by atoms with van der Waals surface area (Å²) in [6.07, 6.45) is 2.04. The van der Waals surface area contributed by atoms with Gasteiger partial charge < -0.3 is 10.2 Å². The van der Waals surface area contributed by atoms with Crippen LogP contribution in [0.5, 0.6) is 0 Å². The van der Waals surface area contributed by atoms with Crippen LogP contribution in [0.4, 0.5) is 0 Å². The summed E-state index contributed by atoms with van der Waals surface area (Å²) < 4.78 is 0. The molecule has 2 saturated heterocycles. The molecule has 0 aromatic heterocycles. The Morgan fingerprint density at radius 2 is 1.78 bits per heavy atom. The number of piperazine rings is 1. The van der Waals surface area contributed by atoms with Gasteiger partial charge in [-0.2, -0.15) is 0 Å². The van der Waals surface area contributed by atoms with Crippen LogP contribution in [0.15, 0.2) is 0 Å². The lowest BCUT2D eigenvalue weighted by Crippen LogP contribution is -2.51. The van der Waals surface area contributed by atoms with Gasteiger partial charge in [0.2, 0.25) is 5.91 Å². The number of hydrogen-bond acceptors (Lipinski definition) is 3. The zero-order chi connectivity index (χ0) is 13.0. The van der Waals surface area contributed by atoms with Crippen molar-refractivity contribution in [2.24, 2.45) is 11.8 Å². The van der Waals surface area contributed by atoms with Crippen LogP contribution in [0.3, 0.4) is 0 Å². The molecule has 2 aliphatic rings.